The number of nitrogens with one attached hydrogen (secondary N) is 1. The molecule has 1 aromatic rings. The van der Waals surface area contributed by atoms with Gasteiger partial charge in [0.1, 0.15) is 6.07 Å². The lowest BCUT2D eigenvalue weighted by Gasteiger charge is -2.14. The van der Waals surface area contributed by atoms with E-state index in [0.717, 1.165) is 34.2 Å². The van der Waals surface area contributed by atoms with Crippen LogP contribution in [0.1, 0.15) is 19.4 Å². The SMILES string of the molecule is CCSc1cccc(NCC(C)CSC)c1C#N. The Morgan fingerprint density at radius 2 is 2.22 bits per heavy atom. The molecular formula is C14H20N2S2. The van der Waals surface area contributed by atoms with E-state index in [9.17, 15) is 5.26 Å². The van der Waals surface area contributed by atoms with Crippen LogP contribution in [0.25, 0.3) is 0 Å². The minimum absolute atomic E-state index is 0.606. The second-order valence-corrected chi connectivity index (χ2v) is 6.38. The first-order chi connectivity index (χ1) is 8.72. The molecule has 4 heteroatoms. The van der Waals surface area contributed by atoms with Crippen LogP contribution in [0.3, 0.4) is 0 Å². The van der Waals surface area contributed by atoms with Crippen molar-refractivity contribution in [3.05, 3.63) is 23.8 Å². The third-order valence-corrected chi connectivity index (χ3v) is 4.37. The Balaban J connectivity index is 2.76. The predicted molar refractivity (Wildman–Crippen MR) is 83.6 cm³/mol. The molecule has 1 N–H and O–H groups in total. The van der Waals surface area contributed by atoms with Gasteiger partial charge in [0.25, 0.3) is 0 Å². The van der Waals surface area contributed by atoms with Gasteiger partial charge in [0.05, 0.1) is 11.3 Å². The molecule has 0 aliphatic rings. The molecule has 1 aromatic carbocycles. The molecule has 1 rings (SSSR count). The van der Waals surface area contributed by atoms with E-state index < -0.39 is 0 Å². The van der Waals surface area contributed by atoms with Gasteiger partial charge >= 0.3 is 0 Å². The Morgan fingerprint density at radius 3 is 2.83 bits per heavy atom. The van der Waals surface area contributed by atoms with Crippen LogP contribution in [0.2, 0.25) is 0 Å². The third kappa shape index (κ3) is 4.47. The van der Waals surface area contributed by atoms with E-state index in [4.69, 9.17) is 0 Å². The van der Waals surface area contributed by atoms with Gasteiger partial charge in [-0.3, -0.25) is 0 Å². The van der Waals surface area contributed by atoms with Gasteiger partial charge in [0, 0.05) is 11.4 Å². The summed E-state index contributed by atoms with van der Waals surface area (Å²) in [6.07, 6.45) is 2.12. The first-order valence-electron chi connectivity index (χ1n) is 6.11. The van der Waals surface area contributed by atoms with E-state index >= 15 is 0 Å². The molecule has 0 aliphatic heterocycles. The highest BCUT2D eigenvalue weighted by Crippen LogP contribution is 2.27. The maximum absolute atomic E-state index is 9.29. The van der Waals surface area contributed by atoms with Gasteiger partial charge < -0.3 is 5.32 Å². The first-order valence-corrected chi connectivity index (χ1v) is 8.49. The lowest BCUT2D eigenvalue weighted by atomic mass is 10.1. The fourth-order valence-corrected chi connectivity index (χ4v) is 3.17. The van der Waals surface area contributed by atoms with Gasteiger partial charge in [-0.15, -0.1) is 11.8 Å². The summed E-state index contributed by atoms with van der Waals surface area (Å²) in [6, 6.07) is 8.34. The summed E-state index contributed by atoms with van der Waals surface area (Å²) >= 11 is 3.58. The molecule has 0 saturated heterocycles. The van der Waals surface area contributed by atoms with Crippen LogP contribution in [-0.2, 0) is 0 Å². The van der Waals surface area contributed by atoms with Crippen molar-refractivity contribution in [1.29, 1.82) is 5.26 Å². The maximum Gasteiger partial charge on any atom is 0.102 e. The van der Waals surface area contributed by atoms with Crippen LogP contribution in [0.5, 0.6) is 0 Å². The quantitative estimate of drug-likeness (QED) is 0.763. The molecule has 0 bridgehead atoms. The highest BCUT2D eigenvalue weighted by molar-refractivity contribution is 7.99. The van der Waals surface area contributed by atoms with Gasteiger partial charge in [-0.05, 0) is 35.8 Å². The predicted octanol–water partition coefficient (Wildman–Crippen LogP) is 4.08. The minimum atomic E-state index is 0.606. The summed E-state index contributed by atoms with van der Waals surface area (Å²) in [5, 5.41) is 12.7. The van der Waals surface area contributed by atoms with Gasteiger partial charge in [-0.25, -0.2) is 0 Å². The lowest BCUT2D eigenvalue weighted by Crippen LogP contribution is -2.14. The molecule has 0 aromatic heterocycles. The van der Waals surface area contributed by atoms with Crippen LogP contribution >= 0.6 is 23.5 Å². The van der Waals surface area contributed by atoms with Crippen molar-refractivity contribution in [3.8, 4) is 6.07 Å². The van der Waals surface area contributed by atoms with Crippen LogP contribution < -0.4 is 5.32 Å². The Hall–Kier alpha value is -0.790. The van der Waals surface area contributed by atoms with Crippen molar-refractivity contribution in [1.82, 2.24) is 0 Å². The Labute approximate surface area is 119 Å². The zero-order valence-corrected chi connectivity index (χ0v) is 12.8. The molecule has 18 heavy (non-hydrogen) atoms. The summed E-state index contributed by atoms with van der Waals surface area (Å²) in [7, 11) is 0. The van der Waals surface area contributed by atoms with Gasteiger partial charge in [0.15, 0.2) is 0 Å². The topological polar surface area (TPSA) is 35.8 Å². The summed E-state index contributed by atoms with van der Waals surface area (Å²) in [4.78, 5) is 1.07. The second kappa shape index (κ2) is 8.34. The molecule has 1 atom stereocenters. The van der Waals surface area contributed by atoms with E-state index in [0.29, 0.717) is 5.92 Å². The number of benzene rings is 1. The van der Waals surface area contributed by atoms with Crippen molar-refractivity contribution in [2.45, 2.75) is 18.7 Å². The van der Waals surface area contributed by atoms with Crippen molar-refractivity contribution >= 4 is 29.2 Å². The molecule has 0 fully saturated rings. The van der Waals surface area contributed by atoms with E-state index in [-0.39, 0.29) is 0 Å². The molecule has 1 unspecified atom stereocenters. The van der Waals surface area contributed by atoms with Crippen LogP contribution in [0.4, 0.5) is 5.69 Å². The first kappa shape index (κ1) is 15.3. The average Bonchev–Trinajstić information content (AvgIpc) is 2.37. The Kier molecular flexibility index (Phi) is 7.07. The van der Waals surface area contributed by atoms with Crippen molar-refractivity contribution < 1.29 is 0 Å². The summed E-state index contributed by atoms with van der Waals surface area (Å²) < 4.78 is 0. The zero-order valence-electron chi connectivity index (χ0n) is 11.2. The molecule has 98 valence electrons. The fourth-order valence-electron chi connectivity index (χ4n) is 1.70. The molecule has 0 spiro atoms. The minimum Gasteiger partial charge on any atom is -0.384 e. The van der Waals surface area contributed by atoms with Crippen LogP contribution in [0, 0.1) is 17.2 Å². The van der Waals surface area contributed by atoms with E-state index in [1.165, 1.54) is 0 Å². The fraction of sp³-hybridized carbons (Fsp3) is 0.500. The van der Waals surface area contributed by atoms with Crippen molar-refractivity contribution in [3.63, 3.8) is 0 Å². The maximum atomic E-state index is 9.29. The average molecular weight is 280 g/mol. The largest absolute Gasteiger partial charge is 0.384 e. The van der Waals surface area contributed by atoms with E-state index in [1.807, 2.05) is 30.0 Å². The normalized spacial score (nSPS) is 11.9. The summed E-state index contributed by atoms with van der Waals surface area (Å²) in [6.45, 7) is 5.24. The number of thioether (sulfide) groups is 2. The summed E-state index contributed by atoms with van der Waals surface area (Å²) in [5.74, 6) is 2.73. The monoisotopic (exact) mass is 280 g/mol. The zero-order chi connectivity index (χ0) is 13.4. The number of nitrogens with zero attached hydrogens (tertiary/aromatic N) is 1. The molecule has 0 aliphatic carbocycles. The lowest BCUT2D eigenvalue weighted by molar-refractivity contribution is 0.701. The standard InChI is InChI=1S/C14H20N2S2/c1-4-18-14-7-5-6-13(12(14)8-15)16-9-11(2)10-17-3/h5-7,11,16H,4,9-10H2,1-3H3. The number of hydrogen-bond acceptors (Lipinski definition) is 4. The highest BCUT2D eigenvalue weighted by atomic mass is 32.2. The van der Waals surface area contributed by atoms with Crippen LogP contribution in [0.15, 0.2) is 23.1 Å². The van der Waals surface area contributed by atoms with Crippen LogP contribution in [-0.4, -0.2) is 24.3 Å². The van der Waals surface area contributed by atoms with Gasteiger partial charge in [0.2, 0.25) is 0 Å². The number of anilines is 1. The molecule has 0 radical (unpaired) electrons. The Bertz CT molecular complexity index is 413. The van der Waals surface area contributed by atoms with E-state index in [1.54, 1.807) is 11.8 Å². The van der Waals surface area contributed by atoms with Crippen molar-refractivity contribution in [2.24, 2.45) is 5.92 Å². The molecule has 2 nitrogen and oxygen atoms in total. The second-order valence-electron chi connectivity index (χ2n) is 4.16. The molecule has 0 saturated carbocycles. The molecular weight excluding hydrogens is 260 g/mol. The number of hydrogen-bond donors (Lipinski definition) is 1. The highest BCUT2D eigenvalue weighted by Gasteiger charge is 2.08. The molecule has 0 heterocycles. The smallest absolute Gasteiger partial charge is 0.102 e. The summed E-state index contributed by atoms with van der Waals surface area (Å²) in [5.41, 5.74) is 1.74. The number of rotatable bonds is 7. The van der Waals surface area contributed by atoms with Gasteiger partial charge in [-0.2, -0.15) is 17.0 Å². The Morgan fingerprint density at radius 1 is 1.44 bits per heavy atom. The van der Waals surface area contributed by atoms with E-state index in [2.05, 4.69) is 31.5 Å². The van der Waals surface area contributed by atoms with Gasteiger partial charge in [-0.1, -0.05) is 19.9 Å². The molecule has 0 amide bonds. The third-order valence-electron chi connectivity index (χ3n) is 2.53. The number of nitriles is 1. The van der Waals surface area contributed by atoms with Crippen molar-refractivity contribution in [2.75, 3.05) is 29.6 Å².